The van der Waals surface area contributed by atoms with E-state index in [1.807, 2.05) is 54.6 Å². The molecule has 0 unspecified atom stereocenters. The molecule has 5 heteroatoms. The van der Waals surface area contributed by atoms with E-state index in [-0.39, 0.29) is 11.9 Å². The van der Waals surface area contributed by atoms with Crippen LogP contribution in [-0.4, -0.2) is 16.9 Å². The van der Waals surface area contributed by atoms with E-state index < -0.39 is 0 Å². The van der Waals surface area contributed by atoms with Crippen molar-refractivity contribution in [3.05, 3.63) is 65.2 Å². The standard InChI is InChI=1S/C21H19ClN2OS/c22-17-10-4-6-12-19(17)26-20-13-16(15-9-3-5-11-18(15)24-20)21(25)23-14-7-1-2-8-14/h3-6,9-14H,1-2,7-8H2,(H,23,25). The number of rotatable bonds is 4. The van der Waals surface area contributed by atoms with Crippen LogP contribution in [0.5, 0.6) is 0 Å². The van der Waals surface area contributed by atoms with Crippen molar-refractivity contribution in [2.45, 2.75) is 41.6 Å². The van der Waals surface area contributed by atoms with Gasteiger partial charge >= 0.3 is 0 Å². The highest BCUT2D eigenvalue weighted by atomic mass is 35.5. The van der Waals surface area contributed by atoms with Crippen molar-refractivity contribution in [3.63, 3.8) is 0 Å². The summed E-state index contributed by atoms with van der Waals surface area (Å²) in [6.07, 6.45) is 4.51. The summed E-state index contributed by atoms with van der Waals surface area (Å²) in [5.41, 5.74) is 1.50. The lowest BCUT2D eigenvalue weighted by Crippen LogP contribution is -2.32. The van der Waals surface area contributed by atoms with Gasteiger partial charge in [0.05, 0.1) is 16.1 Å². The monoisotopic (exact) mass is 382 g/mol. The van der Waals surface area contributed by atoms with Gasteiger partial charge in [0.2, 0.25) is 0 Å². The molecule has 0 aliphatic heterocycles. The highest BCUT2D eigenvalue weighted by Crippen LogP contribution is 2.34. The number of benzene rings is 2. The highest BCUT2D eigenvalue weighted by Gasteiger charge is 2.20. The van der Waals surface area contributed by atoms with Gasteiger partial charge in [-0.25, -0.2) is 4.98 Å². The molecule has 1 amide bonds. The van der Waals surface area contributed by atoms with Gasteiger partial charge in [-0.3, -0.25) is 4.79 Å². The molecule has 4 rings (SSSR count). The van der Waals surface area contributed by atoms with Crippen LogP contribution < -0.4 is 5.32 Å². The van der Waals surface area contributed by atoms with Crippen LogP contribution in [0.15, 0.2) is 64.5 Å². The molecule has 0 atom stereocenters. The molecule has 3 aromatic rings. The Morgan fingerprint density at radius 1 is 1.08 bits per heavy atom. The fraction of sp³-hybridized carbons (Fsp3) is 0.238. The number of carbonyl (C=O) groups excluding carboxylic acids is 1. The first-order valence-corrected chi connectivity index (χ1v) is 10.0. The van der Waals surface area contributed by atoms with Gasteiger partial charge < -0.3 is 5.32 Å². The summed E-state index contributed by atoms with van der Waals surface area (Å²) in [4.78, 5) is 18.6. The van der Waals surface area contributed by atoms with Crippen molar-refractivity contribution in [2.24, 2.45) is 0 Å². The van der Waals surface area contributed by atoms with E-state index >= 15 is 0 Å². The Labute approximate surface area is 162 Å². The summed E-state index contributed by atoms with van der Waals surface area (Å²) in [7, 11) is 0. The minimum atomic E-state index is -0.0171. The molecule has 1 aliphatic carbocycles. The van der Waals surface area contributed by atoms with Gasteiger partial charge in [-0.1, -0.05) is 66.5 Å². The molecule has 26 heavy (non-hydrogen) atoms. The molecule has 132 valence electrons. The van der Waals surface area contributed by atoms with Crippen LogP contribution in [0.1, 0.15) is 36.0 Å². The maximum absolute atomic E-state index is 12.9. The molecule has 0 spiro atoms. The normalized spacial score (nSPS) is 14.7. The Balaban J connectivity index is 1.71. The van der Waals surface area contributed by atoms with Crippen molar-refractivity contribution in [3.8, 4) is 0 Å². The minimum Gasteiger partial charge on any atom is -0.349 e. The number of fused-ring (bicyclic) bond motifs is 1. The van der Waals surface area contributed by atoms with Gasteiger partial charge in [0.25, 0.3) is 5.91 Å². The van der Waals surface area contributed by atoms with Gasteiger partial charge in [-0.2, -0.15) is 0 Å². The second kappa shape index (κ2) is 7.68. The zero-order valence-electron chi connectivity index (χ0n) is 14.2. The van der Waals surface area contributed by atoms with E-state index in [9.17, 15) is 4.79 Å². The number of para-hydroxylation sites is 1. The zero-order valence-corrected chi connectivity index (χ0v) is 15.8. The molecular formula is C21H19ClN2OS. The van der Waals surface area contributed by atoms with Crippen molar-refractivity contribution in [1.82, 2.24) is 10.3 Å². The van der Waals surface area contributed by atoms with Crippen molar-refractivity contribution < 1.29 is 4.79 Å². The van der Waals surface area contributed by atoms with Gasteiger partial charge in [-0.05, 0) is 37.1 Å². The number of aromatic nitrogens is 1. The van der Waals surface area contributed by atoms with Crippen LogP contribution >= 0.6 is 23.4 Å². The Morgan fingerprint density at radius 2 is 1.81 bits per heavy atom. The molecule has 0 bridgehead atoms. The molecular weight excluding hydrogens is 364 g/mol. The Kier molecular flexibility index (Phi) is 5.14. The predicted molar refractivity (Wildman–Crippen MR) is 107 cm³/mol. The smallest absolute Gasteiger partial charge is 0.252 e. The number of hydrogen-bond acceptors (Lipinski definition) is 3. The maximum Gasteiger partial charge on any atom is 0.252 e. The molecule has 1 aliphatic rings. The molecule has 3 nitrogen and oxygen atoms in total. The Hall–Kier alpha value is -2.04. The summed E-state index contributed by atoms with van der Waals surface area (Å²) in [5.74, 6) is -0.0171. The summed E-state index contributed by atoms with van der Waals surface area (Å²) < 4.78 is 0. The molecule has 0 radical (unpaired) electrons. The predicted octanol–water partition coefficient (Wildman–Crippen LogP) is 5.71. The third-order valence-electron chi connectivity index (χ3n) is 4.68. The van der Waals surface area contributed by atoms with Crippen LogP contribution in [-0.2, 0) is 0 Å². The molecule has 1 saturated carbocycles. The lowest BCUT2D eigenvalue weighted by atomic mass is 10.1. The fourth-order valence-corrected chi connectivity index (χ4v) is 4.47. The van der Waals surface area contributed by atoms with Gasteiger partial charge in [-0.15, -0.1) is 0 Å². The van der Waals surface area contributed by atoms with Gasteiger partial charge in [0.15, 0.2) is 0 Å². The van der Waals surface area contributed by atoms with Crippen LogP contribution in [0.4, 0.5) is 0 Å². The first-order valence-electron chi connectivity index (χ1n) is 8.84. The largest absolute Gasteiger partial charge is 0.349 e. The van der Waals surface area contributed by atoms with E-state index in [0.29, 0.717) is 10.6 Å². The molecule has 1 heterocycles. The first-order chi connectivity index (χ1) is 12.7. The maximum atomic E-state index is 12.9. The highest BCUT2D eigenvalue weighted by molar-refractivity contribution is 7.99. The quantitative estimate of drug-likeness (QED) is 0.628. The number of halogens is 1. The third-order valence-corrected chi connectivity index (χ3v) is 6.11. The van der Waals surface area contributed by atoms with Crippen LogP contribution in [0.25, 0.3) is 10.9 Å². The number of hydrogen-bond donors (Lipinski definition) is 1. The van der Waals surface area contributed by atoms with Crippen molar-refractivity contribution in [2.75, 3.05) is 0 Å². The summed E-state index contributed by atoms with van der Waals surface area (Å²) in [5, 5.41) is 5.53. The second-order valence-electron chi connectivity index (χ2n) is 6.51. The first kappa shape index (κ1) is 17.4. The van der Waals surface area contributed by atoms with Crippen molar-refractivity contribution in [1.29, 1.82) is 0 Å². The van der Waals surface area contributed by atoms with E-state index in [4.69, 9.17) is 16.6 Å². The van der Waals surface area contributed by atoms with Crippen molar-refractivity contribution >= 4 is 40.2 Å². The van der Waals surface area contributed by atoms with E-state index in [2.05, 4.69) is 5.32 Å². The number of nitrogens with one attached hydrogen (secondary N) is 1. The van der Waals surface area contributed by atoms with E-state index in [0.717, 1.165) is 33.7 Å². The molecule has 2 aromatic carbocycles. The summed E-state index contributed by atoms with van der Waals surface area (Å²) in [6.45, 7) is 0. The minimum absolute atomic E-state index is 0.0171. The van der Waals surface area contributed by atoms with Gasteiger partial charge in [0.1, 0.15) is 5.03 Å². The fourth-order valence-electron chi connectivity index (χ4n) is 3.36. The number of pyridine rings is 1. The topological polar surface area (TPSA) is 42.0 Å². The SMILES string of the molecule is O=C(NC1CCCC1)c1cc(Sc2ccccc2Cl)nc2ccccc12. The number of amides is 1. The zero-order chi connectivity index (χ0) is 17.9. The lowest BCUT2D eigenvalue weighted by Gasteiger charge is -2.14. The number of carbonyl (C=O) groups is 1. The lowest BCUT2D eigenvalue weighted by molar-refractivity contribution is 0.0939. The van der Waals surface area contributed by atoms with E-state index in [1.165, 1.54) is 24.6 Å². The van der Waals surface area contributed by atoms with Crippen LogP contribution in [0, 0.1) is 0 Å². The van der Waals surface area contributed by atoms with Crippen LogP contribution in [0.2, 0.25) is 5.02 Å². The molecule has 1 aromatic heterocycles. The average molecular weight is 383 g/mol. The third kappa shape index (κ3) is 3.71. The molecule has 1 fully saturated rings. The van der Waals surface area contributed by atoms with E-state index in [1.54, 1.807) is 0 Å². The van der Waals surface area contributed by atoms with Crippen LogP contribution in [0.3, 0.4) is 0 Å². The summed E-state index contributed by atoms with van der Waals surface area (Å²) >= 11 is 7.76. The Bertz CT molecular complexity index is 954. The van der Waals surface area contributed by atoms with Gasteiger partial charge in [0, 0.05) is 16.3 Å². The number of nitrogens with zero attached hydrogens (tertiary/aromatic N) is 1. The summed E-state index contributed by atoms with van der Waals surface area (Å²) in [6, 6.07) is 17.6. The average Bonchev–Trinajstić information content (AvgIpc) is 3.16. The molecule has 0 saturated heterocycles. The Morgan fingerprint density at radius 3 is 2.62 bits per heavy atom. The molecule has 1 N–H and O–H groups in total. The second-order valence-corrected chi connectivity index (χ2v) is 7.98.